The minimum atomic E-state index is -0.0150. The Morgan fingerprint density at radius 3 is 2.33 bits per heavy atom. The molecule has 1 atom stereocenters. The lowest BCUT2D eigenvalue weighted by Gasteiger charge is -2.59. The first-order chi connectivity index (χ1) is 10.1. The molecule has 4 fully saturated rings. The summed E-state index contributed by atoms with van der Waals surface area (Å²) >= 11 is 0. The van der Waals surface area contributed by atoms with E-state index in [2.05, 4.69) is 17.2 Å². The highest BCUT2D eigenvalue weighted by Gasteiger charge is 2.53. The lowest BCUT2D eigenvalue weighted by atomic mass is 9.48. The highest BCUT2D eigenvalue weighted by Crippen LogP contribution is 2.61. The molecular formula is C18H24N2O. The van der Waals surface area contributed by atoms with E-state index in [1.54, 1.807) is 12.3 Å². The van der Waals surface area contributed by atoms with Crippen molar-refractivity contribution >= 4 is 5.91 Å². The number of hydrogen-bond donors (Lipinski definition) is 1. The summed E-state index contributed by atoms with van der Waals surface area (Å²) in [5, 5.41) is 3.25. The topological polar surface area (TPSA) is 42.0 Å². The summed E-state index contributed by atoms with van der Waals surface area (Å²) in [7, 11) is 0. The largest absolute Gasteiger partial charge is 0.348 e. The second-order valence-electron chi connectivity index (χ2n) is 7.69. The highest BCUT2D eigenvalue weighted by molar-refractivity contribution is 5.92. The lowest BCUT2D eigenvalue weighted by molar-refractivity contribution is -0.0688. The molecule has 3 nitrogen and oxygen atoms in total. The predicted octanol–water partition coefficient (Wildman–Crippen LogP) is 3.42. The molecule has 3 heteroatoms. The molecule has 1 heterocycles. The van der Waals surface area contributed by atoms with Crippen LogP contribution in [0.15, 0.2) is 24.4 Å². The fraction of sp³-hybridized carbons (Fsp3) is 0.667. The van der Waals surface area contributed by atoms with Gasteiger partial charge in [-0.05, 0) is 80.8 Å². The number of hydrogen-bond acceptors (Lipinski definition) is 2. The first kappa shape index (κ1) is 13.3. The van der Waals surface area contributed by atoms with Crippen LogP contribution in [0.3, 0.4) is 0 Å². The Balaban J connectivity index is 1.50. The average Bonchev–Trinajstić information content (AvgIpc) is 2.46. The minimum absolute atomic E-state index is 0.0150. The Hall–Kier alpha value is -1.38. The van der Waals surface area contributed by atoms with Gasteiger partial charge < -0.3 is 5.32 Å². The Morgan fingerprint density at radius 2 is 1.81 bits per heavy atom. The zero-order valence-electron chi connectivity index (χ0n) is 12.7. The van der Waals surface area contributed by atoms with Crippen LogP contribution in [0.1, 0.15) is 55.9 Å². The van der Waals surface area contributed by atoms with Gasteiger partial charge in [0.15, 0.2) is 0 Å². The maximum absolute atomic E-state index is 12.4. The number of nitrogens with one attached hydrogen (secondary N) is 1. The van der Waals surface area contributed by atoms with Gasteiger partial charge in [-0.3, -0.25) is 9.78 Å². The molecule has 0 unspecified atom stereocenters. The summed E-state index contributed by atoms with van der Waals surface area (Å²) in [6.07, 6.45) is 9.98. The minimum Gasteiger partial charge on any atom is -0.348 e. The number of rotatable bonds is 3. The Morgan fingerprint density at radius 1 is 1.19 bits per heavy atom. The molecule has 112 valence electrons. The van der Waals surface area contributed by atoms with Crippen molar-refractivity contribution in [2.45, 2.75) is 51.5 Å². The van der Waals surface area contributed by atoms with Crippen LogP contribution in [0, 0.1) is 23.2 Å². The molecule has 21 heavy (non-hydrogen) atoms. The van der Waals surface area contributed by atoms with Crippen molar-refractivity contribution in [1.29, 1.82) is 0 Å². The van der Waals surface area contributed by atoms with E-state index in [0.717, 1.165) is 17.8 Å². The molecule has 1 aromatic rings. The summed E-state index contributed by atoms with van der Waals surface area (Å²) in [6, 6.07) is 5.78. The van der Waals surface area contributed by atoms with Crippen LogP contribution in [0.25, 0.3) is 0 Å². The van der Waals surface area contributed by atoms with Crippen LogP contribution in [-0.4, -0.2) is 16.9 Å². The molecule has 1 amide bonds. The maximum Gasteiger partial charge on any atom is 0.270 e. The van der Waals surface area contributed by atoms with Crippen molar-refractivity contribution in [2.24, 2.45) is 23.2 Å². The molecule has 1 N–H and O–H groups in total. The van der Waals surface area contributed by atoms with Crippen LogP contribution in [0.5, 0.6) is 0 Å². The summed E-state index contributed by atoms with van der Waals surface area (Å²) < 4.78 is 0. The van der Waals surface area contributed by atoms with Crippen LogP contribution in [0.4, 0.5) is 0 Å². The monoisotopic (exact) mass is 284 g/mol. The maximum atomic E-state index is 12.4. The average molecular weight is 284 g/mol. The third-order valence-electron chi connectivity index (χ3n) is 6.25. The van der Waals surface area contributed by atoms with Crippen molar-refractivity contribution < 1.29 is 4.79 Å². The first-order valence-electron chi connectivity index (χ1n) is 8.36. The summed E-state index contributed by atoms with van der Waals surface area (Å²) in [5.74, 6) is 2.75. The van der Waals surface area contributed by atoms with E-state index >= 15 is 0 Å². The van der Waals surface area contributed by atoms with Gasteiger partial charge in [0.1, 0.15) is 5.69 Å². The van der Waals surface area contributed by atoms with E-state index in [1.165, 1.54) is 38.5 Å². The van der Waals surface area contributed by atoms with E-state index in [1.807, 2.05) is 12.1 Å². The summed E-state index contributed by atoms with van der Waals surface area (Å²) in [5.41, 5.74) is 0.896. The molecule has 0 spiro atoms. The van der Waals surface area contributed by atoms with E-state index < -0.39 is 0 Å². The number of nitrogens with zero attached hydrogens (tertiary/aromatic N) is 1. The van der Waals surface area contributed by atoms with Crippen molar-refractivity contribution in [3.63, 3.8) is 0 Å². The number of aromatic nitrogens is 1. The van der Waals surface area contributed by atoms with Crippen LogP contribution in [0.2, 0.25) is 0 Å². The molecule has 0 aromatic carbocycles. The Labute approximate surface area is 126 Å². The van der Waals surface area contributed by atoms with Gasteiger partial charge in [0.25, 0.3) is 5.91 Å². The molecular weight excluding hydrogens is 260 g/mol. The SMILES string of the molecule is C[C@H](NC(=O)c1ccccn1)C12CC3CC(CC(C3)C1)C2. The van der Waals surface area contributed by atoms with Gasteiger partial charge >= 0.3 is 0 Å². The summed E-state index contributed by atoms with van der Waals surface area (Å²) in [4.78, 5) is 16.5. The van der Waals surface area contributed by atoms with Crippen LogP contribution < -0.4 is 5.32 Å². The normalized spacial score (nSPS) is 38.2. The van der Waals surface area contributed by atoms with Gasteiger partial charge in [-0.1, -0.05) is 6.07 Å². The number of carbonyl (C=O) groups is 1. The number of pyridine rings is 1. The van der Waals surface area contributed by atoms with Gasteiger partial charge in [-0.2, -0.15) is 0 Å². The van der Waals surface area contributed by atoms with Gasteiger partial charge in [0.2, 0.25) is 0 Å². The first-order valence-corrected chi connectivity index (χ1v) is 8.36. The number of amides is 1. The van der Waals surface area contributed by atoms with E-state index in [-0.39, 0.29) is 11.9 Å². The second kappa shape index (κ2) is 4.82. The Bertz CT molecular complexity index is 504. The third kappa shape index (κ3) is 2.27. The molecule has 4 bridgehead atoms. The van der Waals surface area contributed by atoms with Crippen molar-refractivity contribution in [3.05, 3.63) is 30.1 Å². The molecule has 0 radical (unpaired) electrons. The molecule has 4 saturated carbocycles. The number of carbonyl (C=O) groups excluding carboxylic acids is 1. The second-order valence-corrected chi connectivity index (χ2v) is 7.69. The van der Waals surface area contributed by atoms with Gasteiger partial charge in [-0.15, -0.1) is 0 Å². The molecule has 0 aliphatic heterocycles. The Kier molecular flexibility index (Phi) is 3.05. The third-order valence-corrected chi connectivity index (χ3v) is 6.25. The van der Waals surface area contributed by atoms with E-state index in [4.69, 9.17) is 0 Å². The zero-order valence-corrected chi connectivity index (χ0v) is 12.7. The van der Waals surface area contributed by atoms with Crippen LogP contribution in [-0.2, 0) is 0 Å². The van der Waals surface area contributed by atoms with Crippen molar-refractivity contribution in [2.75, 3.05) is 0 Å². The zero-order chi connectivity index (χ0) is 14.4. The van der Waals surface area contributed by atoms with E-state index in [9.17, 15) is 4.79 Å². The quantitative estimate of drug-likeness (QED) is 0.924. The molecule has 0 saturated heterocycles. The smallest absolute Gasteiger partial charge is 0.270 e. The molecule has 1 aromatic heterocycles. The van der Waals surface area contributed by atoms with Gasteiger partial charge in [0, 0.05) is 12.2 Å². The molecule has 4 aliphatic rings. The van der Waals surface area contributed by atoms with Gasteiger partial charge in [-0.25, -0.2) is 0 Å². The van der Waals surface area contributed by atoms with Crippen molar-refractivity contribution in [3.8, 4) is 0 Å². The molecule has 5 rings (SSSR count). The fourth-order valence-corrected chi connectivity index (χ4v) is 5.63. The van der Waals surface area contributed by atoms with Crippen molar-refractivity contribution in [1.82, 2.24) is 10.3 Å². The van der Waals surface area contributed by atoms with E-state index in [0.29, 0.717) is 11.1 Å². The standard InChI is InChI=1S/C18H24N2O/c1-12(20-17(21)16-4-2-3-5-19-16)18-9-13-6-14(10-18)8-15(7-13)11-18/h2-5,12-15H,6-11H2,1H3,(H,20,21)/t12-,13?,14?,15?,18?/m0/s1. The molecule has 4 aliphatic carbocycles. The lowest BCUT2D eigenvalue weighted by Crippen LogP contribution is -2.55. The van der Waals surface area contributed by atoms with Crippen LogP contribution >= 0.6 is 0 Å². The summed E-state index contributed by atoms with van der Waals surface area (Å²) in [6.45, 7) is 2.22. The highest BCUT2D eigenvalue weighted by atomic mass is 16.1. The fourth-order valence-electron chi connectivity index (χ4n) is 5.63. The van der Waals surface area contributed by atoms with Gasteiger partial charge in [0.05, 0.1) is 0 Å². The predicted molar refractivity (Wildman–Crippen MR) is 81.8 cm³/mol.